The second-order valence-corrected chi connectivity index (χ2v) is 5.12. The molecule has 1 aromatic carbocycles. The molecule has 0 bridgehead atoms. The third kappa shape index (κ3) is 2.98. The van der Waals surface area contributed by atoms with Gasteiger partial charge in [0.25, 0.3) is 0 Å². The van der Waals surface area contributed by atoms with E-state index in [-0.39, 0.29) is 16.6 Å². The van der Waals surface area contributed by atoms with Gasteiger partial charge in [-0.05, 0) is 36.5 Å². The molecule has 0 amide bonds. The molecule has 0 saturated heterocycles. The van der Waals surface area contributed by atoms with Crippen molar-refractivity contribution in [2.24, 2.45) is 0 Å². The Hall–Kier alpha value is -0.560. The Morgan fingerprint density at radius 3 is 2.57 bits per heavy atom. The molecule has 1 atom stereocenters. The van der Waals surface area contributed by atoms with Crippen LogP contribution in [0.4, 0.5) is 4.39 Å². The fraction of sp³-hybridized carbons (Fsp3) is 0.500. The first-order valence-electron chi connectivity index (χ1n) is 4.82. The van der Waals surface area contributed by atoms with E-state index in [1.807, 2.05) is 13.0 Å². The van der Waals surface area contributed by atoms with Gasteiger partial charge in [0, 0.05) is 5.38 Å². The van der Waals surface area contributed by atoms with Gasteiger partial charge in [0.2, 0.25) is 0 Å². The zero-order valence-electron chi connectivity index (χ0n) is 8.85. The number of hydrogen-bond acceptors (Lipinski definition) is 0. The van der Waals surface area contributed by atoms with Gasteiger partial charge in [0.1, 0.15) is 5.82 Å². The van der Waals surface area contributed by atoms with Crippen LogP contribution in [0, 0.1) is 5.82 Å². The number of benzene rings is 1. The van der Waals surface area contributed by atoms with Crippen molar-refractivity contribution in [2.75, 3.05) is 0 Å². The average Bonchev–Trinajstić information content (AvgIpc) is 2.01. The smallest absolute Gasteiger partial charge is 0.123 e. The third-order valence-electron chi connectivity index (χ3n) is 2.40. The van der Waals surface area contributed by atoms with Crippen LogP contribution in [0.15, 0.2) is 24.3 Å². The SMILES string of the molecule is CC(Cl)CC(C)(C)c1cccc(F)c1. The predicted molar refractivity (Wildman–Crippen MR) is 59.4 cm³/mol. The van der Waals surface area contributed by atoms with Crippen molar-refractivity contribution in [2.45, 2.75) is 38.0 Å². The van der Waals surface area contributed by atoms with Crippen molar-refractivity contribution in [1.29, 1.82) is 0 Å². The Bertz CT molecular complexity index is 305. The van der Waals surface area contributed by atoms with E-state index in [2.05, 4.69) is 13.8 Å². The fourth-order valence-electron chi connectivity index (χ4n) is 1.73. The second kappa shape index (κ2) is 4.31. The van der Waals surface area contributed by atoms with Crippen LogP contribution in [-0.4, -0.2) is 5.38 Å². The van der Waals surface area contributed by atoms with E-state index in [4.69, 9.17) is 11.6 Å². The molecular formula is C12H16ClF. The lowest BCUT2D eigenvalue weighted by Gasteiger charge is -2.26. The maximum Gasteiger partial charge on any atom is 0.123 e. The molecule has 0 aliphatic carbocycles. The highest BCUT2D eigenvalue weighted by atomic mass is 35.5. The molecule has 0 fully saturated rings. The van der Waals surface area contributed by atoms with Crippen molar-refractivity contribution < 1.29 is 4.39 Å². The van der Waals surface area contributed by atoms with Gasteiger partial charge in [0.05, 0.1) is 0 Å². The number of hydrogen-bond donors (Lipinski definition) is 0. The Morgan fingerprint density at radius 1 is 1.43 bits per heavy atom. The van der Waals surface area contributed by atoms with Crippen LogP contribution in [0.3, 0.4) is 0 Å². The molecule has 0 spiro atoms. The summed E-state index contributed by atoms with van der Waals surface area (Å²) >= 11 is 5.96. The molecule has 1 aromatic rings. The molecule has 2 heteroatoms. The summed E-state index contributed by atoms with van der Waals surface area (Å²) in [7, 11) is 0. The van der Waals surface area contributed by atoms with Gasteiger partial charge in [-0.1, -0.05) is 26.0 Å². The summed E-state index contributed by atoms with van der Waals surface area (Å²) in [4.78, 5) is 0. The molecule has 1 rings (SSSR count). The Morgan fingerprint density at radius 2 is 2.07 bits per heavy atom. The lowest BCUT2D eigenvalue weighted by atomic mass is 9.80. The van der Waals surface area contributed by atoms with Gasteiger partial charge >= 0.3 is 0 Å². The molecule has 1 unspecified atom stereocenters. The molecule has 0 heterocycles. The van der Waals surface area contributed by atoms with Crippen LogP contribution in [0.5, 0.6) is 0 Å². The predicted octanol–water partition coefficient (Wildman–Crippen LogP) is 4.12. The minimum atomic E-state index is -0.183. The number of alkyl halides is 1. The standard InChI is InChI=1S/C12H16ClF/c1-9(13)8-12(2,3)10-5-4-6-11(14)7-10/h4-7,9H,8H2,1-3H3. The van der Waals surface area contributed by atoms with Crippen LogP contribution < -0.4 is 0 Å². The van der Waals surface area contributed by atoms with E-state index >= 15 is 0 Å². The number of halogens is 2. The van der Waals surface area contributed by atoms with Crippen LogP contribution in [-0.2, 0) is 5.41 Å². The highest BCUT2D eigenvalue weighted by molar-refractivity contribution is 6.20. The molecule has 78 valence electrons. The van der Waals surface area contributed by atoms with E-state index in [1.54, 1.807) is 12.1 Å². The van der Waals surface area contributed by atoms with Crippen LogP contribution in [0.1, 0.15) is 32.8 Å². The Labute approximate surface area is 90.1 Å². The summed E-state index contributed by atoms with van der Waals surface area (Å²) < 4.78 is 13.0. The molecule has 0 radical (unpaired) electrons. The third-order valence-corrected chi connectivity index (χ3v) is 2.55. The molecule has 0 aliphatic rings. The van der Waals surface area contributed by atoms with Gasteiger partial charge in [-0.15, -0.1) is 11.6 Å². The van der Waals surface area contributed by atoms with Gasteiger partial charge in [-0.25, -0.2) is 4.39 Å². The van der Waals surface area contributed by atoms with Crippen LogP contribution >= 0.6 is 11.6 Å². The second-order valence-electron chi connectivity index (χ2n) is 4.38. The maximum absolute atomic E-state index is 13.0. The normalized spacial score (nSPS) is 14.1. The summed E-state index contributed by atoms with van der Waals surface area (Å²) in [6.07, 6.45) is 0.845. The summed E-state index contributed by atoms with van der Waals surface area (Å²) in [6, 6.07) is 6.73. The molecule has 0 N–H and O–H groups in total. The van der Waals surface area contributed by atoms with Gasteiger partial charge in [0.15, 0.2) is 0 Å². The lowest BCUT2D eigenvalue weighted by Crippen LogP contribution is -2.20. The Balaban J connectivity index is 2.91. The summed E-state index contributed by atoms with van der Waals surface area (Å²) in [6.45, 7) is 6.13. The van der Waals surface area contributed by atoms with E-state index in [9.17, 15) is 4.39 Å². The molecular weight excluding hydrogens is 199 g/mol. The van der Waals surface area contributed by atoms with E-state index in [0.717, 1.165) is 12.0 Å². The highest BCUT2D eigenvalue weighted by Crippen LogP contribution is 2.30. The molecule has 0 aromatic heterocycles. The van der Waals surface area contributed by atoms with E-state index in [0.29, 0.717) is 0 Å². The van der Waals surface area contributed by atoms with Crippen molar-refractivity contribution in [3.63, 3.8) is 0 Å². The lowest BCUT2D eigenvalue weighted by molar-refractivity contribution is 0.473. The first-order valence-corrected chi connectivity index (χ1v) is 5.25. The minimum Gasteiger partial charge on any atom is -0.207 e. The number of rotatable bonds is 3. The van der Waals surface area contributed by atoms with Crippen LogP contribution in [0.25, 0.3) is 0 Å². The molecule has 0 saturated carbocycles. The van der Waals surface area contributed by atoms with Crippen molar-refractivity contribution in [3.05, 3.63) is 35.6 Å². The van der Waals surface area contributed by atoms with Gasteiger partial charge in [-0.3, -0.25) is 0 Å². The monoisotopic (exact) mass is 214 g/mol. The van der Waals surface area contributed by atoms with E-state index < -0.39 is 0 Å². The van der Waals surface area contributed by atoms with Gasteiger partial charge < -0.3 is 0 Å². The maximum atomic E-state index is 13.0. The molecule has 0 nitrogen and oxygen atoms in total. The summed E-state index contributed by atoms with van der Waals surface area (Å²) in [5.41, 5.74) is 0.938. The summed E-state index contributed by atoms with van der Waals surface area (Å²) in [5, 5.41) is 0.105. The topological polar surface area (TPSA) is 0 Å². The summed E-state index contributed by atoms with van der Waals surface area (Å²) in [5.74, 6) is -0.183. The van der Waals surface area contributed by atoms with Crippen molar-refractivity contribution >= 4 is 11.6 Å². The first-order chi connectivity index (χ1) is 6.42. The zero-order valence-corrected chi connectivity index (χ0v) is 9.61. The minimum absolute atomic E-state index is 0.0662. The largest absolute Gasteiger partial charge is 0.207 e. The Kier molecular flexibility index (Phi) is 3.54. The highest BCUT2D eigenvalue weighted by Gasteiger charge is 2.22. The van der Waals surface area contributed by atoms with Gasteiger partial charge in [-0.2, -0.15) is 0 Å². The van der Waals surface area contributed by atoms with Crippen molar-refractivity contribution in [3.8, 4) is 0 Å². The molecule has 0 aliphatic heterocycles. The fourth-order valence-corrected chi connectivity index (χ4v) is 2.12. The average molecular weight is 215 g/mol. The molecule has 14 heavy (non-hydrogen) atoms. The van der Waals surface area contributed by atoms with E-state index in [1.165, 1.54) is 6.07 Å². The zero-order chi connectivity index (χ0) is 10.8. The van der Waals surface area contributed by atoms with Crippen molar-refractivity contribution in [1.82, 2.24) is 0 Å². The first kappa shape index (κ1) is 11.5. The van der Waals surface area contributed by atoms with Crippen LogP contribution in [0.2, 0.25) is 0 Å². The quantitative estimate of drug-likeness (QED) is 0.664.